The number of alkyl halides is 3. The second kappa shape index (κ2) is 4.77. The highest BCUT2D eigenvalue weighted by Crippen LogP contribution is 2.37. The Bertz CT molecular complexity index is 824. The largest absolute Gasteiger partial charge is 0.417 e. The minimum absolute atomic E-state index is 0.0826. The first kappa shape index (κ1) is 13.9. The second-order valence-electron chi connectivity index (χ2n) is 4.50. The molecule has 108 valence electrons. The summed E-state index contributed by atoms with van der Waals surface area (Å²) in [6, 6.07) is 6.90. The molecule has 0 amide bonds. The van der Waals surface area contributed by atoms with Gasteiger partial charge in [-0.05, 0) is 33.6 Å². The van der Waals surface area contributed by atoms with E-state index in [-0.39, 0.29) is 5.56 Å². The summed E-state index contributed by atoms with van der Waals surface area (Å²) in [5.41, 5.74) is 6.46. The molecule has 2 aromatic heterocycles. The third-order valence-electron chi connectivity index (χ3n) is 3.13. The summed E-state index contributed by atoms with van der Waals surface area (Å²) in [4.78, 5) is 4.09. The highest BCUT2D eigenvalue weighted by Gasteiger charge is 2.33. The zero-order chi connectivity index (χ0) is 15.2. The van der Waals surface area contributed by atoms with Gasteiger partial charge in [-0.2, -0.15) is 13.2 Å². The molecule has 0 unspecified atom stereocenters. The quantitative estimate of drug-likeness (QED) is 0.704. The second-order valence-corrected chi connectivity index (χ2v) is 5.31. The van der Waals surface area contributed by atoms with E-state index in [2.05, 4.69) is 20.9 Å². The standard InChI is InChI=1S/C14H9BrF3N3/c15-12-6-20-13-11(19)5-8(7-21(12)13)9-3-1-2-4-10(9)14(16,17)18/h1-7H,19H2. The predicted octanol–water partition coefficient (Wildman–Crippen LogP) is 4.36. The molecule has 7 heteroatoms. The smallest absolute Gasteiger partial charge is 0.396 e. The molecule has 0 bridgehead atoms. The monoisotopic (exact) mass is 355 g/mol. The summed E-state index contributed by atoms with van der Waals surface area (Å²) in [7, 11) is 0. The first-order valence-corrected chi connectivity index (χ1v) is 6.76. The molecule has 2 heterocycles. The molecule has 0 radical (unpaired) electrons. The molecule has 0 spiro atoms. The van der Waals surface area contributed by atoms with E-state index in [0.717, 1.165) is 6.07 Å². The highest BCUT2D eigenvalue weighted by atomic mass is 79.9. The van der Waals surface area contributed by atoms with Crippen molar-refractivity contribution in [2.45, 2.75) is 6.18 Å². The fourth-order valence-electron chi connectivity index (χ4n) is 2.21. The van der Waals surface area contributed by atoms with Gasteiger partial charge in [0.1, 0.15) is 4.60 Å². The number of nitrogens with two attached hydrogens (primary N) is 1. The number of aromatic nitrogens is 2. The molecule has 2 N–H and O–H groups in total. The van der Waals surface area contributed by atoms with Crippen LogP contribution < -0.4 is 5.73 Å². The molecule has 21 heavy (non-hydrogen) atoms. The van der Waals surface area contributed by atoms with Gasteiger partial charge in [-0.25, -0.2) is 4.98 Å². The summed E-state index contributed by atoms with van der Waals surface area (Å²) in [5.74, 6) is 0. The van der Waals surface area contributed by atoms with E-state index in [1.54, 1.807) is 22.9 Å². The maximum absolute atomic E-state index is 13.1. The number of anilines is 1. The third-order valence-corrected chi connectivity index (χ3v) is 3.72. The van der Waals surface area contributed by atoms with Gasteiger partial charge in [0.25, 0.3) is 0 Å². The van der Waals surface area contributed by atoms with Gasteiger partial charge in [-0.15, -0.1) is 0 Å². The topological polar surface area (TPSA) is 43.3 Å². The number of benzene rings is 1. The van der Waals surface area contributed by atoms with Crippen LogP contribution in [0.4, 0.5) is 18.9 Å². The van der Waals surface area contributed by atoms with Gasteiger partial charge < -0.3 is 5.73 Å². The first-order valence-electron chi connectivity index (χ1n) is 5.96. The number of nitrogens with zero attached hydrogens (tertiary/aromatic N) is 2. The molecule has 3 nitrogen and oxygen atoms in total. The van der Waals surface area contributed by atoms with E-state index in [1.807, 2.05) is 0 Å². The van der Waals surface area contributed by atoms with Crippen LogP contribution in [0.2, 0.25) is 0 Å². The van der Waals surface area contributed by atoms with E-state index in [0.29, 0.717) is 21.5 Å². The lowest BCUT2D eigenvalue weighted by atomic mass is 10.0. The molecular formula is C14H9BrF3N3. The Morgan fingerprint density at radius 1 is 1.19 bits per heavy atom. The Hall–Kier alpha value is -2.02. The Labute approximate surface area is 126 Å². The van der Waals surface area contributed by atoms with Gasteiger partial charge >= 0.3 is 6.18 Å². The van der Waals surface area contributed by atoms with Crippen LogP contribution in [-0.4, -0.2) is 9.38 Å². The predicted molar refractivity (Wildman–Crippen MR) is 77.7 cm³/mol. The number of imidazole rings is 1. The van der Waals surface area contributed by atoms with Crippen molar-refractivity contribution >= 4 is 27.3 Å². The number of pyridine rings is 1. The van der Waals surface area contributed by atoms with Gasteiger partial charge in [0.05, 0.1) is 17.4 Å². The minimum Gasteiger partial charge on any atom is -0.396 e. The minimum atomic E-state index is -4.42. The lowest BCUT2D eigenvalue weighted by Crippen LogP contribution is -2.07. The van der Waals surface area contributed by atoms with Crippen molar-refractivity contribution in [3.8, 4) is 11.1 Å². The van der Waals surface area contributed by atoms with E-state index in [9.17, 15) is 13.2 Å². The lowest BCUT2D eigenvalue weighted by molar-refractivity contribution is -0.137. The van der Waals surface area contributed by atoms with Crippen molar-refractivity contribution in [3.63, 3.8) is 0 Å². The average Bonchev–Trinajstić information content (AvgIpc) is 2.80. The normalized spacial score (nSPS) is 12.0. The maximum atomic E-state index is 13.1. The van der Waals surface area contributed by atoms with Crippen molar-refractivity contribution < 1.29 is 13.2 Å². The fourth-order valence-corrected chi connectivity index (χ4v) is 2.59. The van der Waals surface area contributed by atoms with Gasteiger partial charge in [-0.3, -0.25) is 4.40 Å². The van der Waals surface area contributed by atoms with Gasteiger partial charge in [0.2, 0.25) is 0 Å². The van der Waals surface area contributed by atoms with Crippen molar-refractivity contribution in [2.24, 2.45) is 0 Å². The summed E-state index contributed by atoms with van der Waals surface area (Å²) < 4.78 is 41.6. The van der Waals surface area contributed by atoms with E-state index in [4.69, 9.17) is 5.73 Å². The van der Waals surface area contributed by atoms with Gasteiger partial charge in [0, 0.05) is 11.8 Å². The maximum Gasteiger partial charge on any atom is 0.417 e. The molecule has 0 atom stereocenters. The van der Waals surface area contributed by atoms with Crippen LogP contribution in [0.1, 0.15) is 5.56 Å². The third kappa shape index (κ3) is 2.37. The van der Waals surface area contributed by atoms with Gasteiger partial charge in [-0.1, -0.05) is 18.2 Å². The van der Waals surface area contributed by atoms with Crippen molar-refractivity contribution in [1.29, 1.82) is 0 Å². The number of nitrogen functional groups attached to an aromatic ring is 1. The van der Waals surface area contributed by atoms with Crippen LogP contribution in [0.25, 0.3) is 16.8 Å². The molecular weight excluding hydrogens is 347 g/mol. The lowest BCUT2D eigenvalue weighted by Gasteiger charge is -2.13. The van der Waals surface area contributed by atoms with Crippen LogP contribution in [0.15, 0.2) is 47.3 Å². The van der Waals surface area contributed by atoms with E-state index < -0.39 is 11.7 Å². The molecule has 3 rings (SSSR count). The Morgan fingerprint density at radius 3 is 2.62 bits per heavy atom. The highest BCUT2D eigenvalue weighted by molar-refractivity contribution is 9.10. The van der Waals surface area contributed by atoms with Crippen molar-refractivity contribution in [1.82, 2.24) is 9.38 Å². The molecule has 1 aromatic carbocycles. The molecule has 0 aliphatic rings. The number of rotatable bonds is 1. The zero-order valence-electron chi connectivity index (χ0n) is 10.5. The Morgan fingerprint density at radius 2 is 1.90 bits per heavy atom. The summed E-state index contributed by atoms with van der Waals surface area (Å²) in [5, 5.41) is 0. The van der Waals surface area contributed by atoms with Crippen molar-refractivity contribution in [3.05, 3.63) is 52.9 Å². The SMILES string of the molecule is Nc1cc(-c2ccccc2C(F)(F)F)cn2c(Br)cnc12. The van der Waals surface area contributed by atoms with Crippen LogP contribution >= 0.6 is 15.9 Å². The molecule has 0 aliphatic carbocycles. The number of hydrogen-bond donors (Lipinski definition) is 1. The molecule has 0 fully saturated rings. The number of halogens is 4. The van der Waals surface area contributed by atoms with Crippen LogP contribution in [-0.2, 0) is 6.18 Å². The van der Waals surface area contributed by atoms with Crippen LogP contribution in [0, 0.1) is 0 Å². The summed E-state index contributed by atoms with van der Waals surface area (Å²) in [6.45, 7) is 0. The van der Waals surface area contributed by atoms with Gasteiger partial charge in [0.15, 0.2) is 5.65 Å². The summed E-state index contributed by atoms with van der Waals surface area (Å²) >= 11 is 3.29. The molecule has 0 aliphatic heterocycles. The Kier molecular flexibility index (Phi) is 3.16. The number of hydrogen-bond acceptors (Lipinski definition) is 2. The summed E-state index contributed by atoms with van der Waals surface area (Å²) in [6.07, 6.45) is -1.30. The fraction of sp³-hybridized carbons (Fsp3) is 0.0714. The van der Waals surface area contributed by atoms with E-state index in [1.165, 1.54) is 18.2 Å². The van der Waals surface area contributed by atoms with Crippen LogP contribution in [0.3, 0.4) is 0 Å². The first-order chi connectivity index (χ1) is 9.88. The van der Waals surface area contributed by atoms with Crippen LogP contribution in [0.5, 0.6) is 0 Å². The van der Waals surface area contributed by atoms with Crippen molar-refractivity contribution in [2.75, 3.05) is 5.73 Å². The molecule has 3 aromatic rings. The average molecular weight is 356 g/mol. The molecule has 0 saturated carbocycles. The van der Waals surface area contributed by atoms with E-state index >= 15 is 0 Å². The molecule has 0 saturated heterocycles. The zero-order valence-corrected chi connectivity index (χ0v) is 12.1. The Balaban J connectivity index is 2.29. The number of fused-ring (bicyclic) bond motifs is 1.